The molecule has 2 amide bonds. The Morgan fingerprint density at radius 3 is 2.15 bits per heavy atom. The Balaban J connectivity index is 1.41. The number of allylic oxidation sites excluding steroid dienone is 2. The maximum absolute atomic E-state index is 14.6. The zero-order chi connectivity index (χ0) is 32.1. The van der Waals surface area contributed by atoms with Crippen LogP contribution in [-0.2, 0) is 16.1 Å². The second kappa shape index (κ2) is 9.78. The van der Waals surface area contributed by atoms with Crippen LogP contribution >= 0.6 is 23.2 Å². The van der Waals surface area contributed by atoms with Crippen molar-refractivity contribution in [3.05, 3.63) is 135 Å². The van der Waals surface area contributed by atoms with Gasteiger partial charge in [-0.3, -0.25) is 9.59 Å². The molecule has 2 aliphatic heterocycles. The minimum atomic E-state index is -2.11. The van der Waals surface area contributed by atoms with Crippen molar-refractivity contribution < 1.29 is 19.1 Å². The van der Waals surface area contributed by atoms with Crippen LogP contribution in [0.1, 0.15) is 23.9 Å². The number of fused-ring (bicyclic) bond motifs is 5. The average Bonchev–Trinajstić information content (AvgIpc) is 3.40. The van der Waals surface area contributed by atoms with Gasteiger partial charge in [-0.1, -0.05) is 54.6 Å². The highest BCUT2D eigenvalue weighted by Crippen LogP contribution is 2.64. The van der Waals surface area contributed by atoms with Crippen LogP contribution in [0.4, 0.5) is 10.1 Å². The molecule has 9 nitrogen and oxygen atoms in total. The number of hydrogen-bond donors (Lipinski definition) is 1. The van der Waals surface area contributed by atoms with Crippen molar-refractivity contribution in [3.8, 4) is 11.4 Å². The van der Waals surface area contributed by atoms with Crippen LogP contribution in [0.5, 0.6) is 5.75 Å². The number of amides is 2. The number of nitrogens with zero attached hydrogens (tertiary/aromatic N) is 4. The standard InChI is InChI=1S/C34H23Cl2FN4O5/c35-33-18-26-25(16-17-38-31(45)40(32(46)41(26)38)20-6-2-1-3-7-20)28(24-14-15-27(42)23-9-5-4-8-22(23)24)34(33,36)30(44)39(29(33)43)21-12-10-19(37)11-13-21/h1-16,26,28,42H,17-18H2/t26-,28+,33-,34+/m1/s1. The number of hydrogen-bond acceptors (Lipinski definition) is 5. The Hall–Kier alpha value is -4.93. The number of alkyl halides is 2. The molecule has 3 aliphatic rings. The van der Waals surface area contributed by atoms with E-state index in [2.05, 4.69) is 0 Å². The third kappa shape index (κ3) is 3.56. The molecule has 1 aliphatic carbocycles. The second-order valence-electron chi connectivity index (χ2n) is 11.7. The number of aromatic nitrogens is 3. The lowest BCUT2D eigenvalue weighted by Gasteiger charge is -2.49. The van der Waals surface area contributed by atoms with Crippen molar-refractivity contribution in [2.24, 2.45) is 0 Å². The molecule has 4 atom stereocenters. The summed E-state index contributed by atoms with van der Waals surface area (Å²) in [5.74, 6) is -3.29. The van der Waals surface area contributed by atoms with E-state index in [0.29, 0.717) is 27.6 Å². The number of phenolic OH excluding ortho intramolecular Hbond substituents is 1. The van der Waals surface area contributed by atoms with Gasteiger partial charge in [0, 0.05) is 17.7 Å². The van der Waals surface area contributed by atoms with Gasteiger partial charge in [-0.05, 0) is 59.0 Å². The Morgan fingerprint density at radius 2 is 1.43 bits per heavy atom. The summed E-state index contributed by atoms with van der Waals surface area (Å²) in [7, 11) is 0. The summed E-state index contributed by atoms with van der Waals surface area (Å²) in [6.45, 7) is -0.0156. The molecule has 0 bridgehead atoms. The Bertz CT molecular complexity index is 2280. The summed E-state index contributed by atoms with van der Waals surface area (Å²) in [5, 5.41) is 11.8. The monoisotopic (exact) mass is 656 g/mol. The normalized spacial score (nSPS) is 25.3. The van der Waals surface area contributed by atoms with E-state index in [-0.39, 0.29) is 24.4 Å². The van der Waals surface area contributed by atoms with Crippen molar-refractivity contribution in [1.82, 2.24) is 13.9 Å². The minimum absolute atomic E-state index is 0.00292. The smallest absolute Gasteiger partial charge is 0.352 e. The van der Waals surface area contributed by atoms with E-state index < -0.39 is 50.7 Å². The second-order valence-corrected chi connectivity index (χ2v) is 12.9. The van der Waals surface area contributed by atoms with Crippen molar-refractivity contribution in [1.29, 1.82) is 0 Å². The van der Waals surface area contributed by atoms with Crippen molar-refractivity contribution in [2.45, 2.75) is 34.7 Å². The van der Waals surface area contributed by atoms with E-state index in [0.717, 1.165) is 21.6 Å². The topological polar surface area (TPSA) is 107 Å². The van der Waals surface area contributed by atoms with Crippen molar-refractivity contribution in [2.75, 3.05) is 4.90 Å². The fourth-order valence-corrected chi connectivity index (χ4v) is 8.27. The summed E-state index contributed by atoms with van der Waals surface area (Å²) in [6.07, 6.45) is 1.46. The Kier molecular flexibility index (Phi) is 6.07. The summed E-state index contributed by atoms with van der Waals surface area (Å²) in [6, 6.07) is 22.5. The molecular formula is C34H23Cl2FN4O5. The average molecular weight is 657 g/mol. The first-order valence-corrected chi connectivity index (χ1v) is 15.3. The third-order valence-electron chi connectivity index (χ3n) is 9.42. The lowest BCUT2D eigenvalue weighted by atomic mass is 9.63. The summed E-state index contributed by atoms with van der Waals surface area (Å²) < 4.78 is 17.5. The number of phenols is 1. The summed E-state index contributed by atoms with van der Waals surface area (Å²) in [4.78, 5) is 53.4. The van der Waals surface area contributed by atoms with Gasteiger partial charge in [-0.25, -0.2) is 32.8 Å². The molecule has 0 spiro atoms. The number of rotatable bonds is 3. The number of anilines is 1. The van der Waals surface area contributed by atoms with E-state index >= 15 is 0 Å². The first kappa shape index (κ1) is 28.5. The zero-order valence-electron chi connectivity index (χ0n) is 23.8. The van der Waals surface area contributed by atoms with Crippen molar-refractivity contribution >= 4 is 51.5 Å². The van der Waals surface area contributed by atoms with Crippen LogP contribution in [0, 0.1) is 5.82 Å². The molecule has 230 valence electrons. The summed E-state index contributed by atoms with van der Waals surface area (Å²) in [5.41, 5.74) is 0.254. The molecule has 12 heteroatoms. The molecule has 1 aromatic heterocycles. The lowest BCUT2D eigenvalue weighted by Crippen LogP contribution is -2.59. The van der Waals surface area contributed by atoms with Gasteiger partial charge in [0.15, 0.2) is 9.75 Å². The fourth-order valence-electron chi connectivity index (χ4n) is 7.36. The lowest BCUT2D eigenvalue weighted by molar-refractivity contribution is -0.122. The Morgan fingerprint density at radius 1 is 0.761 bits per heavy atom. The molecule has 3 heterocycles. The highest BCUT2D eigenvalue weighted by Gasteiger charge is 2.75. The maximum atomic E-state index is 14.6. The number of para-hydroxylation sites is 1. The number of halogens is 3. The zero-order valence-corrected chi connectivity index (χ0v) is 25.3. The SMILES string of the molecule is O=C1N(c2ccc(F)cc2)C(=O)[C@@]2(Cl)[C@@H](c3ccc(O)c4ccccc34)C3=CCn4c(=O)n(-c5ccccc5)c(=O)n4[C@@H]3C[C@@]12Cl. The van der Waals surface area contributed by atoms with Crippen LogP contribution < -0.4 is 16.3 Å². The van der Waals surface area contributed by atoms with Crippen LogP contribution in [0.2, 0.25) is 0 Å². The predicted molar refractivity (Wildman–Crippen MR) is 170 cm³/mol. The molecule has 1 N–H and O–H groups in total. The van der Waals surface area contributed by atoms with Crippen LogP contribution in [0.3, 0.4) is 0 Å². The number of carbonyl (C=O) groups excluding carboxylic acids is 2. The first-order chi connectivity index (χ1) is 22.1. The van der Waals surface area contributed by atoms with Crippen LogP contribution in [0.25, 0.3) is 16.5 Å². The van der Waals surface area contributed by atoms with Crippen molar-refractivity contribution in [3.63, 3.8) is 0 Å². The highest BCUT2D eigenvalue weighted by atomic mass is 35.5. The van der Waals surface area contributed by atoms with E-state index in [1.54, 1.807) is 66.7 Å². The number of aromatic hydroxyl groups is 1. The van der Waals surface area contributed by atoms with Gasteiger partial charge < -0.3 is 5.11 Å². The van der Waals surface area contributed by atoms with Gasteiger partial charge in [0.1, 0.15) is 11.6 Å². The number of benzene rings is 4. The van der Waals surface area contributed by atoms with Gasteiger partial charge in [0.05, 0.1) is 24.0 Å². The molecule has 2 fully saturated rings. The van der Waals surface area contributed by atoms with E-state index in [1.165, 1.54) is 27.6 Å². The molecule has 5 aromatic rings. The molecule has 4 aromatic carbocycles. The molecule has 8 rings (SSSR count). The van der Waals surface area contributed by atoms with E-state index in [9.17, 15) is 28.7 Å². The summed E-state index contributed by atoms with van der Waals surface area (Å²) >= 11 is 14.9. The quantitative estimate of drug-likeness (QED) is 0.167. The molecule has 1 saturated heterocycles. The number of imide groups is 1. The molecule has 1 saturated carbocycles. The van der Waals surface area contributed by atoms with Gasteiger partial charge in [-0.2, -0.15) is 0 Å². The number of carbonyl (C=O) groups is 2. The van der Waals surface area contributed by atoms with Crippen LogP contribution in [0.15, 0.2) is 112 Å². The molecule has 46 heavy (non-hydrogen) atoms. The van der Waals surface area contributed by atoms with E-state index in [4.69, 9.17) is 23.2 Å². The van der Waals surface area contributed by atoms with Gasteiger partial charge in [-0.15, -0.1) is 23.2 Å². The van der Waals surface area contributed by atoms with Gasteiger partial charge >= 0.3 is 11.4 Å². The van der Waals surface area contributed by atoms with Gasteiger partial charge in [0.25, 0.3) is 11.8 Å². The third-order valence-corrected chi connectivity index (χ3v) is 10.8. The molecule has 0 radical (unpaired) electrons. The minimum Gasteiger partial charge on any atom is -0.507 e. The fraction of sp³-hybridized carbons (Fsp3) is 0.176. The maximum Gasteiger partial charge on any atom is 0.352 e. The van der Waals surface area contributed by atoms with Crippen LogP contribution in [-0.4, -0.2) is 40.6 Å². The predicted octanol–water partition coefficient (Wildman–Crippen LogP) is 5.00. The first-order valence-electron chi connectivity index (χ1n) is 14.5. The van der Waals surface area contributed by atoms with Gasteiger partial charge in [0.2, 0.25) is 0 Å². The molecular weight excluding hydrogens is 634 g/mol. The highest BCUT2D eigenvalue weighted by molar-refractivity contribution is 6.58. The largest absolute Gasteiger partial charge is 0.507 e. The van der Waals surface area contributed by atoms with E-state index in [1.807, 2.05) is 0 Å². The molecule has 0 unspecified atom stereocenters. The Labute approximate surface area is 269 Å².